The molecule has 40 heavy (non-hydrogen) atoms. The largest absolute Gasteiger partial charge is 0.465 e. The maximum absolute atomic E-state index is 16.1. The summed E-state index contributed by atoms with van der Waals surface area (Å²) in [7, 11) is 3.64. The van der Waals surface area contributed by atoms with Gasteiger partial charge < -0.3 is 28.5 Å². The van der Waals surface area contributed by atoms with Crippen molar-refractivity contribution >= 4 is 41.4 Å². The molecule has 1 aromatic carbocycles. The lowest BCUT2D eigenvalue weighted by molar-refractivity contribution is -0.144. The standard InChI is InChI=1S/C25H34FN6O6PS/c1-7-35-23(34)15(2)30-39(40,38-17-11-9-8-10-12-17)36-13-18-20(33)25(4,26)24(37-18)32-14-27-19-21(31(5)6)28-16(3)29-22(19)32/h8-12,14-15,18,20,24,33H,7,13H2,1-6H3,(H,30,40)/t15-,18-,20-,24-,25-,39+/m1/s1. The molecule has 3 aromatic rings. The van der Waals surface area contributed by atoms with E-state index in [-0.39, 0.29) is 13.2 Å². The zero-order valence-electron chi connectivity index (χ0n) is 23.1. The maximum Gasteiger partial charge on any atom is 0.323 e. The van der Waals surface area contributed by atoms with Crippen molar-refractivity contribution in [3.63, 3.8) is 0 Å². The molecule has 2 N–H and O–H groups in total. The fourth-order valence-corrected chi connectivity index (χ4v) is 6.70. The van der Waals surface area contributed by atoms with Crippen LogP contribution in [0.25, 0.3) is 11.2 Å². The van der Waals surface area contributed by atoms with Gasteiger partial charge in [-0.1, -0.05) is 18.2 Å². The number of nitrogens with one attached hydrogen (secondary N) is 1. The first-order valence-corrected chi connectivity index (χ1v) is 15.3. The first-order chi connectivity index (χ1) is 18.9. The number of para-hydroxylation sites is 1. The summed E-state index contributed by atoms with van der Waals surface area (Å²) in [6.45, 7) is 2.68. The van der Waals surface area contributed by atoms with E-state index in [1.165, 1.54) is 17.8 Å². The van der Waals surface area contributed by atoms with Gasteiger partial charge in [0.25, 0.3) is 0 Å². The summed E-state index contributed by atoms with van der Waals surface area (Å²) < 4.78 is 40.6. The molecule has 12 nitrogen and oxygen atoms in total. The molecule has 15 heteroatoms. The molecule has 1 saturated heterocycles. The number of carbonyl (C=O) groups excluding carboxylic acids is 1. The topological polar surface area (TPSA) is 133 Å². The molecule has 6 atom stereocenters. The lowest BCUT2D eigenvalue weighted by atomic mass is 9.98. The molecule has 2 aromatic heterocycles. The number of nitrogens with zero attached hydrogens (tertiary/aromatic N) is 5. The number of aromatic nitrogens is 4. The molecular formula is C25H34FN6O6PS. The van der Waals surface area contributed by atoms with E-state index in [4.69, 9.17) is 30.3 Å². The van der Waals surface area contributed by atoms with Gasteiger partial charge >= 0.3 is 12.6 Å². The number of aryl methyl sites for hydroxylation is 1. The van der Waals surface area contributed by atoms with E-state index >= 15 is 4.39 Å². The van der Waals surface area contributed by atoms with E-state index in [9.17, 15) is 9.90 Å². The Morgan fingerprint density at radius 3 is 2.70 bits per heavy atom. The molecule has 4 rings (SSSR count). The van der Waals surface area contributed by atoms with E-state index in [0.717, 1.165) is 0 Å². The minimum atomic E-state index is -3.42. The number of imidazole rings is 1. The molecule has 3 heterocycles. The molecule has 218 valence electrons. The van der Waals surface area contributed by atoms with Crippen LogP contribution in [0.3, 0.4) is 0 Å². The van der Waals surface area contributed by atoms with Crippen molar-refractivity contribution in [1.29, 1.82) is 0 Å². The number of ether oxygens (including phenoxy) is 2. The lowest BCUT2D eigenvalue weighted by Crippen LogP contribution is -2.41. The van der Waals surface area contributed by atoms with E-state index in [1.807, 2.05) is 20.2 Å². The van der Waals surface area contributed by atoms with Crippen LogP contribution in [0.4, 0.5) is 10.2 Å². The smallest absolute Gasteiger partial charge is 0.323 e. The zero-order chi connectivity index (χ0) is 29.2. The van der Waals surface area contributed by atoms with Crippen molar-refractivity contribution < 1.29 is 32.8 Å². The summed E-state index contributed by atoms with van der Waals surface area (Å²) >= 11 is 5.70. The van der Waals surface area contributed by atoms with Crippen LogP contribution in [0.5, 0.6) is 5.75 Å². The summed E-state index contributed by atoms with van der Waals surface area (Å²) in [6.07, 6.45) is -2.58. The molecule has 0 bridgehead atoms. The number of aliphatic hydroxyl groups is 1. The highest BCUT2D eigenvalue weighted by Gasteiger charge is 2.56. The quantitative estimate of drug-likeness (QED) is 0.249. The predicted octanol–water partition coefficient (Wildman–Crippen LogP) is 3.05. The Kier molecular flexibility index (Phi) is 9.08. The highest BCUT2D eigenvalue weighted by atomic mass is 32.5. The molecule has 1 fully saturated rings. The number of anilines is 1. The second kappa shape index (κ2) is 12.0. The maximum atomic E-state index is 16.1. The number of alkyl halides is 1. The Bertz CT molecular complexity index is 1390. The summed E-state index contributed by atoms with van der Waals surface area (Å²) in [6, 6.07) is 7.85. The van der Waals surface area contributed by atoms with Crippen LogP contribution in [-0.4, -0.2) is 81.8 Å². The van der Waals surface area contributed by atoms with Gasteiger partial charge in [0.05, 0.1) is 19.5 Å². The fraction of sp³-hybridized carbons (Fsp3) is 0.520. The average Bonchev–Trinajstić information content (AvgIpc) is 3.40. The Morgan fingerprint density at radius 1 is 1.35 bits per heavy atom. The monoisotopic (exact) mass is 596 g/mol. The minimum absolute atomic E-state index is 0.191. The van der Waals surface area contributed by atoms with Crippen molar-refractivity contribution in [3.05, 3.63) is 42.5 Å². The second-order valence-corrected chi connectivity index (χ2v) is 12.9. The highest BCUT2D eigenvalue weighted by molar-refractivity contribution is 8.09. The number of benzene rings is 1. The highest BCUT2D eigenvalue weighted by Crippen LogP contribution is 2.48. The van der Waals surface area contributed by atoms with Crippen molar-refractivity contribution in [2.24, 2.45) is 0 Å². The van der Waals surface area contributed by atoms with Crippen LogP contribution >= 0.6 is 6.64 Å². The van der Waals surface area contributed by atoms with Gasteiger partial charge in [-0.3, -0.25) is 9.36 Å². The van der Waals surface area contributed by atoms with E-state index < -0.39 is 42.8 Å². The summed E-state index contributed by atoms with van der Waals surface area (Å²) in [5, 5.41) is 13.9. The lowest BCUT2D eigenvalue weighted by Gasteiger charge is -2.28. The molecule has 0 aliphatic carbocycles. The molecular weight excluding hydrogens is 562 g/mol. The number of rotatable bonds is 11. The second-order valence-electron chi connectivity index (χ2n) is 9.74. The SMILES string of the molecule is CCOC(=O)[C@@H](C)N[P@](=S)(OC[C@H]1O[C@@H](n2cnc3c(N(C)C)nc(C)nc32)[C@](C)(F)[C@@H]1O)Oc1ccccc1. The van der Waals surface area contributed by atoms with Crippen molar-refractivity contribution in [2.75, 3.05) is 32.2 Å². The van der Waals surface area contributed by atoms with Crippen LogP contribution in [0.15, 0.2) is 36.7 Å². The third-order valence-corrected chi connectivity index (χ3v) is 8.78. The first kappa shape index (κ1) is 30.2. The molecule has 0 spiro atoms. The van der Waals surface area contributed by atoms with Gasteiger partial charge in [-0.2, -0.15) is 0 Å². The van der Waals surface area contributed by atoms with Crippen molar-refractivity contribution in [2.45, 2.75) is 57.8 Å². The average molecular weight is 597 g/mol. The number of fused-ring (bicyclic) bond motifs is 1. The van der Waals surface area contributed by atoms with Gasteiger partial charge in [-0.05, 0) is 51.6 Å². The molecule has 0 amide bonds. The van der Waals surface area contributed by atoms with Crippen molar-refractivity contribution in [3.8, 4) is 5.75 Å². The molecule has 0 radical (unpaired) electrons. The van der Waals surface area contributed by atoms with Crippen LogP contribution in [0, 0.1) is 6.92 Å². The number of aliphatic hydroxyl groups excluding tert-OH is 1. The predicted molar refractivity (Wildman–Crippen MR) is 150 cm³/mol. The van der Waals surface area contributed by atoms with E-state index in [0.29, 0.717) is 28.6 Å². The minimum Gasteiger partial charge on any atom is -0.465 e. The van der Waals surface area contributed by atoms with Gasteiger partial charge in [0.15, 0.2) is 28.9 Å². The zero-order valence-corrected chi connectivity index (χ0v) is 24.9. The van der Waals surface area contributed by atoms with E-state index in [2.05, 4.69) is 20.0 Å². The number of esters is 1. The molecule has 1 aliphatic rings. The number of hydrogen-bond acceptors (Lipinski definition) is 11. The Morgan fingerprint density at radius 2 is 2.05 bits per heavy atom. The Balaban J connectivity index is 1.58. The fourth-order valence-electron chi connectivity index (χ4n) is 4.28. The van der Waals surface area contributed by atoms with Gasteiger partial charge in [0, 0.05) is 14.1 Å². The summed E-state index contributed by atoms with van der Waals surface area (Å²) in [4.78, 5) is 27.3. The number of halogens is 1. The van der Waals surface area contributed by atoms with Crippen LogP contribution in [-0.2, 0) is 30.6 Å². The van der Waals surface area contributed by atoms with Crippen LogP contribution in [0.1, 0.15) is 32.8 Å². The Labute approximate surface area is 237 Å². The van der Waals surface area contributed by atoms with Gasteiger partial charge in [0.2, 0.25) is 0 Å². The number of carbonyl (C=O) groups is 1. The van der Waals surface area contributed by atoms with Crippen molar-refractivity contribution in [1.82, 2.24) is 24.6 Å². The van der Waals surface area contributed by atoms with Crippen LogP contribution < -0.4 is 14.5 Å². The third kappa shape index (κ3) is 6.27. The molecule has 1 aliphatic heterocycles. The summed E-state index contributed by atoms with van der Waals surface area (Å²) in [5.74, 6) is 0.914. The molecule has 0 unspecified atom stereocenters. The van der Waals surface area contributed by atoms with Crippen LogP contribution in [0.2, 0.25) is 0 Å². The van der Waals surface area contributed by atoms with Gasteiger partial charge in [-0.25, -0.2) is 24.4 Å². The van der Waals surface area contributed by atoms with Gasteiger partial charge in [0.1, 0.15) is 29.8 Å². The third-order valence-electron chi connectivity index (χ3n) is 6.28. The first-order valence-electron chi connectivity index (χ1n) is 12.7. The van der Waals surface area contributed by atoms with E-state index in [1.54, 1.807) is 49.9 Å². The Hall–Kier alpha value is -2.74. The summed E-state index contributed by atoms with van der Waals surface area (Å²) in [5.41, 5.74) is -1.41. The normalized spacial score (nSPS) is 24.9. The molecule has 0 saturated carbocycles. The number of hydrogen-bond donors (Lipinski definition) is 2. The van der Waals surface area contributed by atoms with Gasteiger partial charge in [-0.15, -0.1) is 0 Å².